The van der Waals surface area contributed by atoms with E-state index in [9.17, 15) is 9.59 Å². The zero-order valence-corrected chi connectivity index (χ0v) is 16.4. The summed E-state index contributed by atoms with van der Waals surface area (Å²) in [5.41, 5.74) is 0. The molecule has 0 heterocycles. The van der Waals surface area contributed by atoms with E-state index in [1.54, 1.807) is 0 Å². The second-order valence-electron chi connectivity index (χ2n) is 6.74. The van der Waals surface area contributed by atoms with E-state index >= 15 is 0 Å². The van der Waals surface area contributed by atoms with Gasteiger partial charge in [-0.15, -0.1) is 0 Å². The highest BCUT2D eigenvalue weighted by atomic mass is 32.2. The Kier molecular flexibility index (Phi) is 16.6. The first kappa shape index (κ1) is 23.3. The number of aliphatic carboxylic acids is 1. The maximum absolute atomic E-state index is 11.5. The molecule has 0 bridgehead atoms. The predicted molar refractivity (Wildman–Crippen MR) is 102 cm³/mol. The predicted octanol–water partition coefficient (Wildman–Crippen LogP) is 5.29. The lowest BCUT2D eigenvalue weighted by Crippen LogP contribution is -2.07. The highest BCUT2D eigenvalue weighted by Crippen LogP contribution is 2.12. The quantitative estimate of drug-likeness (QED) is 0.282. The number of ether oxygens (including phenoxy) is 1. The van der Waals surface area contributed by atoms with Crippen LogP contribution in [0.25, 0.3) is 0 Å². The van der Waals surface area contributed by atoms with E-state index in [2.05, 4.69) is 13.8 Å². The second-order valence-corrected chi connectivity index (χ2v) is 7.96. The Labute approximate surface area is 152 Å². The second kappa shape index (κ2) is 17.1. The lowest BCUT2D eigenvalue weighted by Gasteiger charge is -2.06. The molecule has 0 amide bonds. The van der Waals surface area contributed by atoms with Crippen molar-refractivity contribution in [2.75, 3.05) is 18.1 Å². The van der Waals surface area contributed by atoms with Crippen LogP contribution in [0.1, 0.15) is 84.5 Å². The molecule has 0 aromatic heterocycles. The van der Waals surface area contributed by atoms with Crippen LogP contribution in [0.5, 0.6) is 0 Å². The van der Waals surface area contributed by atoms with E-state index in [1.807, 2.05) is 0 Å². The molecule has 0 atom stereocenters. The lowest BCUT2D eigenvalue weighted by atomic mass is 10.0. The molecule has 0 saturated carbocycles. The molecule has 0 unspecified atom stereocenters. The first-order valence-corrected chi connectivity index (χ1v) is 10.6. The van der Waals surface area contributed by atoms with Crippen molar-refractivity contribution in [2.45, 2.75) is 84.5 Å². The van der Waals surface area contributed by atoms with Gasteiger partial charge in [-0.2, -0.15) is 11.8 Å². The minimum absolute atomic E-state index is 0.150. The van der Waals surface area contributed by atoms with Crippen LogP contribution in [-0.2, 0) is 14.3 Å². The van der Waals surface area contributed by atoms with Crippen molar-refractivity contribution in [1.29, 1.82) is 0 Å². The zero-order chi connectivity index (χ0) is 18.0. The average Bonchev–Trinajstić information content (AvgIpc) is 2.51. The molecule has 5 heteroatoms. The van der Waals surface area contributed by atoms with Gasteiger partial charge in [0.2, 0.25) is 0 Å². The topological polar surface area (TPSA) is 63.6 Å². The molecule has 0 aliphatic rings. The van der Waals surface area contributed by atoms with Crippen LogP contribution in [-0.4, -0.2) is 35.2 Å². The molecule has 4 nitrogen and oxygen atoms in total. The number of esters is 1. The minimum Gasteiger partial charge on any atom is -0.481 e. The van der Waals surface area contributed by atoms with Crippen LogP contribution in [0.15, 0.2) is 0 Å². The number of carbonyl (C=O) groups excluding carboxylic acids is 1. The molecule has 24 heavy (non-hydrogen) atoms. The summed E-state index contributed by atoms with van der Waals surface area (Å²) in [4.78, 5) is 21.8. The Morgan fingerprint density at radius 3 is 2.00 bits per heavy atom. The van der Waals surface area contributed by atoms with Crippen molar-refractivity contribution in [2.24, 2.45) is 5.92 Å². The SMILES string of the molecule is CC(C)CCCCCCCCCCOC(=O)CCSCCC(=O)O. The van der Waals surface area contributed by atoms with Crippen molar-refractivity contribution in [1.82, 2.24) is 0 Å². The minimum atomic E-state index is -0.791. The smallest absolute Gasteiger partial charge is 0.306 e. The number of hydrogen-bond donors (Lipinski definition) is 1. The van der Waals surface area contributed by atoms with Crippen molar-refractivity contribution in [3.63, 3.8) is 0 Å². The van der Waals surface area contributed by atoms with Gasteiger partial charge in [0.05, 0.1) is 19.4 Å². The molecule has 0 saturated heterocycles. The number of carboxylic acid groups (broad SMARTS) is 1. The first-order chi connectivity index (χ1) is 11.5. The number of carboxylic acids is 1. The number of carbonyl (C=O) groups is 2. The molecule has 0 aromatic rings. The standard InChI is InChI=1S/C19H36O4S/c1-17(2)11-9-7-5-3-4-6-8-10-14-23-19(22)13-16-24-15-12-18(20)21/h17H,3-16H2,1-2H3,(H,20,21). The number of rotatable bonds is 17. The molecule has 0 fully saturated rings. The van der Waals surface area contributed by atoms with E-state index in [1.165, 1.54) is 56.7 Å². The maximum Gasteiger partial charge on any atom is 0.306 e. The molecule has 142 valence electrons. The van der Waals surface area contributed by atoms with Gasteiger partial charge in [0, 0.05) is 11.5 Å². The van der Waals surface area contributed by atoms with Crippen molar-refractivity contribution in [3.05, 3.63) is 0 Å². The van der Waals surface area contributed by atoms with Crippen LogP contribution < -0.4 is 0 Å². The highest BCUT2D eigenvalue weighted by Gasteiger charge is 2.03. The summed E-state index contributed by atoms with van der Waals surface area (Å²) in [7, 11) is 0. The fourth-order valence-corrected chi connectivity index (χ4v) is 3.22. The Morgan fingerprint density at radius 1 is 0.875 bits per heavy atom. The average molecular weight is 361 g/mol. The third-order valence-electron chi connectivity index (χ3n) is 3.85. The summed E-state index contributed by atoms with van der Waals surface area (Å²) < 4.78 is 5.18. The van der Waals surface area contributed by atoms with Gasteiger partial charge in [0.15, 0.2) is 0 Å². The van der Waals surface area contributed by atoms with Gasteiger partial charge in [0.25, 0.3) is 0 Å². The Bertz CT molecular complexity index is 318. The maximum atomic E-state index is 11.5. The summed E-state index contributed by atoms with van der Waals surface area (Å²) in [6.07, 6.45) is 11.9. The fourth-order valence-electron chi connectivity index (χ4n) is 2.39. The van der Waals surface area contributed by atoms with Gasteiger partial charge < -0.3 is 9.84 Å². The van der Waals surface area contributed by atoms with E-state index in [0.717, 1.165) is 18.8 Å². The summed E-state index contributed by atoms with van der Waals surface area (Å²) in [6, 6.07) is 0. The van der Waals surface area contributed by atoms with Gasteiger partial charge in [-0.25, -0.2) is 0 Å². The van der Waals surface area contributed by atoms with Gasteiger partial charge >= 0.3 is 11.9 Å². The van der Waals surface area contributed by atoms with Gasteiger partial charge in [-0.3, -0.25) is 9.59 Å². The van der Waals surface area contributed by atoms with E-state index in [0.29, 0.717) is 24.5 Å². The van der Waals surface area contributed by atoms with Crippen LogP contribution in [0.3, 0.4) is 0 Å². The molecule has 0 aliphatic heterocycles. The van der Waals surface area contributed by atoms with E-state index in [4.69, 9.17) is 9.84 Å². The van der Waals surface area contributed by atoms with Crippen LogP contribution >= 0.6 is 11.8 Å². The molecule has 1 N–H and O–H groups in total. The monoisotopic (exact) mass is 360 g/mol. The number of unbranched alkanes of at least 4 members (excludes halogenated alkanes) is 7. The van der Waals surface area contributed by atoms with E-state index in [-0.39, 0.29) is 12.4 Å². The van der Waals surface area contributed by atoms with Crippen LogP contribution in [0.4, 0.5) is 0 Å². The van der Waals surface area contributed by atoms with Crippen molar-refractivity contribution < 1.29 is 19.4 Å². The summed E-state index contributed by atoms with van der Waals surface area (Å²) in [6.45, 7) is 5.09. The summed E-state index contributed by atoms with van der Waals surface area (Å²) in [5, 5.41) is 8.50. The summed E-state index contributed by atoms with van der Waals surface area (Å²) in [5.74, 6) is 1.07. The van der Waals surface area contributed by atoms with Crippen LogP contribution in [0, 0.1) is 5.92 Å². The number of hydrogen-bond acceptors (Lipinski definition) is 4. The zero-order valence-electron chi connectivity index (χ0n) is 15.6. The first-order valence-electron chi connectivity index (χ1n) is 9.47. The Balaban J connectivity index is 3.18. The molecule has 0 radical (unpaired) electrons. The third kappa shape index (κ3) is 19.3. The molecular weight excluding hydrogens is 324 g/mol. The largest absolute Gasteiger partial charge is 0.481 e. The molecule has 0 spiro atoms. The van der Waals surface area contributed by atoms with Gasteiger partial charge in [-0.1, -0.05) is 65.2 Å². The van der Waals surface area contributed by atoms with Crippen LogP contribution in [0.2, 0.25) is 0 Å². The lowest BCUT2D eigenvalue weighted by molar-refractivity contribution is -0.143. The number of thioether (sulfide) groups is 1. The van der Waals surface area contributed by atoms with Gasteiger partial charge in [0.1, 0.15) is 0 Å². The summed E-state index contributed by atoms with van der Waals surface area (Å²) >= 11 is 1.49. The highest BCUT2D eigenvalue weighted by molar-refractivity contribution is 7.99. The molecule has 0 rings (SSSR count). The van der Waals surface area contributed by atoms with Gasteiger partial charge in [-0.05, 0) is 12.3 Å². The molecular formula is C19H36O4S. The molecule has 0 aromatic carbocycles. The molecule has 0 aliphatic carbocycles. The Morgan fingerprint density at radius 2 is 1.42 bits per heavy atom. The Hall–Kier alpha value is -0.710. The third-order valence-corrected chi connectivity index (χ3v) is 4.84. The normalized spacial score (nSPS) is 11.0. The van der Waals surface area contributed by atoms with E-state index < -0.39 is 5.97 Å². The van der Waals surface area contributed by atoms with Crippen molar-refractivity contribution >= 4 is 23.7 Å². The fraction of sp³-hybridized carbons (Fsp3) is 0.895. The van der Waals surface area contributed by atoms with Crippen molar-refractivity contribution in [3.8, 4) is 0 Å².